The highest BCUT2D eigenvalue weighted by Crippen LogP contribution is 2.29. The molecule has 0 spiro atoms. The van der Waals surface area contributed by atoms with Gasteiger partial charge in [0.2, 0.25) is 0 Å². The van der Waals surface area contributed by atoms with E-state index in [1.54, 1.807) is 6.07 Å². The summed E-state index contributed by atoms with van der Waals surface area (Å²) in [5, 5.41) is 0. The van der Waals surface area contributed by atoms with Crippen molar-refractivity contribution < 1.29 is 4.39 Å². The Bertz CT molecular complexity index is 351. The zero-order chi connectivity index (χ0) is 10.8. The van der Waals surface area contributed by atoms with Crippen LogP contribution in [-0.2, 0) is 6.54 Å². The van der Waals surface area contributed by atoms with Gasteiger partial charge in [0, 0.05) is 25.6 Å². The van der Waals surface area contributed by atoms with Crippen LogP contribution < -0.4 is 5.73 Å². The van der Waals surface area contributed by atoms with Gasteiger partial charge in [0.05, 0.1) is 0 Å². The number of likely N-dealkylation sites (N-methyl/N-ethyl adjacent to an activating group) is 1. The lowest BCUT2D eigenvalue weighted by Crippen LogP contribution is -2.36. The lowest BCUT2D eigenvalue weighted by atomic mass is 9.89. The van der Waals surface area contributed by atoms with Crippen molar-refractivity contribution in [2.24, 2.45) is 5.73 Å². The minimum Gasteiger partial charge on any atom is -0.330 e. The fraction of sp³-hybridized carbons (Fsp3) is 0.500. The zero-order valence-electron chi connectivity index (χ0n) is 9.04. The number of fused-ring (bicyclic) bond motifs is 1. The summed E-state index contributed by atoms with van der Waals surface area (Å²) in [6.45, 7) is 5.36. The highest BCUT2D eigenvalue weighted by Gasteiger charge is 2.25. The van der Waals surface area contributed by atoms with Crippen LogP contribution in [0.15, 0.2) is 18.2 Å². The van der Waals surface area contributed by atoms with Crippen LogP contribution in [0, 0.1) is 5.82 Å². The molecule has 0 saturated heterocycles. The first-order chi connectivity index (χ1) is 7.26. The summed E-state index contributed by atoms with van der Waals surface area (Å²) in [6.07, 6.45) is 0. The third kappa shape index (κ3) is 1.90. The standard InChI is InChI=1S/C12H17FN2/c1-2-15-7-9-4-3-5-11(13)12(9)10(6-14)8-15/h3-5,10H,2,6-8,14H2,1H3. The van der Waals surface area contributed by atoms with E-state index in [-0.39, 0.29) is 11.7 Å². The Morgan fingerprint density at radius 1 is 1.53 bits per heavy atom. The molecule has 15 heavy (non-hydrogen) atoms. The molecule has 2 nitrogen and oxygen atoms in total. The van der Waals surface area contributed by atoms with Gasteiger partial charge in [0.1, 0.15) is 5.82 Å². The van der Waals surface area contributed by atoms with Crippen LogP contribution in [0.4, 0.5) is 4.39 Å². The summed E-state index contributed by atoms with van der Waals surface area (Å²) >= 11 is 0. The highest BCUT2D eigenvalue weighted by molar-refractivity contribution is 5.34. The molecule has 0 bridgehead atoms. The molecular weight excluding hydrogens is 191 g/mol. The maximum absolute atomic E-state index is 13.7. The number of nitrogens with zero attached hydrogens (tertiary/aromatic N) is 1. The van der Waals surface area contributed by atoms with Crippen LogP contribution in [-0.4, -0.2) is 24.5 Å². The van der Waals surface area contributed by atoms with Crippen LogP contribution in [0.3, 0.4) is 0 Å². The van der Waals surface area contributed by atoms with Gasteiger partial charge in [-0.15, -0.1) is 0 Å². The van der Waals surface area contributed by atoms with Gasteiger partial charge in [0.15, 0.2) is 0 Å². The molecule has 0 aromatic heterocycles. The predicted molar refractivity (Wildman–Crippen MR) is 59.1 cm³/mol. The van der Waals surface area contributed by atoms with Gasteiger partial charge < -0.3 is 5.73 Å². The maximum atomic E-state index is 13.7. The Hall–Kier alpha value is -0.930. The Kier molecular flexibility index (Phi) is 3.03. The molecule has 0 saturated carbocycles. The van der Waals surface area contributed by atoms with Gasteiger partial charge in [-0.3, -0.25) is 4.90 Å². The van der Waals surface area contributed by atoms with Crippen molar-refractivity contribution in [2.75, 3.05) is 19.6 Å². The van der Waals surface area contributed by atoms with Crippen LogP contribution in [0.25, 0.3) is 0 Å². The van der Waals surface area contributed by atoms with Crippen LogP contribution in [0.5, 0.6) is 0 Å². The van der Waals surface area contributed by atoms with E-state index in [0.717, 1.165) is 30.8 Å². The normalized spacial score (nSPS) is 21.4. The summed E-state index contributed by atoms with van der Waals surface area (Å²) in [5.41, 5.74) is 7.64. The molecule has 2 N–H and O–H groups in total. The van der Waals surface area contributed by atoms with E-state index in [1.807, 2.05) is 6.07 Å². The minimum absolute atomic E-state index is 0.0984. The second kappa shape index (κ2) is 4.29. The minimum atomic E-state index is -0.0984. The zero-order valence-corrected chi connectivity index (χ0v) is 9.04. The molecule has 3 heteroatoms. The molecule has 1 unspecified atom stereocenters. The molecule has 1 aliphatic rings. The van der Waals surface area contributed by atoms with E-state index < -0.39 is 0 Å². The molecule has 1 aromatic carbocycles. The average molecular weight is 208 g/mol. The molecule has 0 fully saturated rings. The van der Waals surface area contributed by atoms with Gasteiger partial charge in [-0.1, -0.05) is 19.1 Å². The van der Waals surface area contributed by atoms with Crippen molar-refractivity contribution >= 4 is 0 Å². The van der Waals surface area contributed by atoms with Crippen LogP contribution >= 0.6 is 0 Å². The number of hydrogen-bond donors (Lipinski definition) is 1. The van der Waals surface area contributed by atoms with E-state index >= 15 is 0 Å². The molecule has 1 aromatic rings. The van der Waals surface area contributed by atoms with Gasteiger partial charge >= 0.3 is 0 Å². The SMILES string of the molecule is CCN1Cc2cccc(F)c2C(CN)C1. The van der Waals surface area contributed by atoms with Gasteiger partial charge in [-0.25, -0.2) is 4.39 Å². The second-order valence-electron chi connectivity index (χ2n) is 4.07. The molecule has 1 aliphatic heterocycles. The number of nitrogens with two attached hydrogens (primary N) is 1. The number of hydrogen-bond acceptors (Lipinski definition) is 2. The average Bonchev–Trinajstić information content (AvgIpc) is 2.27. The number of halogens is 1. The fourth-order valence-corrected chi connectivity index (χ4v) is 2.32. The van der Waals surface area contributed by atoms with E-state index in [2.05, 4.69) is 11.8 Å². The lowest BCUT2D eigenvalue weighted by molar-refractivity contribution is 0.240. The van der Waals surface area contributed by atoms with Gasteiger partial charge in [-0.2, -0.15) is 0 Å². The molecular formula is C12H17FN2. The Morgan fingerprint density at radius 2 is 2.33 bits per heavy atom. The Labute approximate surface area is 89.9 Å². The number of rotatable bonds is 2. The molecule has 0 amide bonds. The smallest absolute Gasteiger partial charge is 0.127 e. The van der Waals surface area contributed by atoms with E-state index in [0.29, 0.717) is 6.54 Å². The van der Waals surface area contributed by atoms with Crippen molar-refractivity contribution in [3.05, 3.63) is 35.1 Å². The Morgan fingerprint density at radius 3 is 3.00 bits per heavy atom. The van der Waals surface area contributed by atoms with Gasteiger partial charge in [-0.05, 0) is 23.7 Å². The Balaban J connectivity index is 2.40. The van der Waals surface area contributed by atoms with Crippen molar-refractivity contribution in [3.63, 3.8) is 0 Å². The van der Waals surface area contributed by atoms with Crippen molar-refractivity contribution in [3.8, 4) is 0 Å². The largest absolute Gasteiger partial charge is 0.330 e. The molecule has 1 atom stereocenters. The summed E-state index contributed by atoms with van der Waals surface area (Å²) in [7, 11) is 0. The molecule has 1 heterocycles. The molecule has 0 aliphatic carbocycles. The monoisotopic (exact) mass is 208 g/mol. The third-order valence-electron chi connectivity index (χ3n) is 3.16. The van der Waals surface area contributed by atoms with Crippen molar-refractivity contribution in [1.29, 1.82) is 0 Å². The fourth-order valence-electron chi connectivity index (χ4n) is 2.32. The van der Waals surface area contributed by atoms with Crippen molar-refractivity contribution in [2.45, 2.75) is 19.4 Å². The predicted octanol–water partition coefficient (Wildman–Crippen LogP) is 1.70. The lowest BCUT2D eigenvalue weighted by Gasteiger charge is -2.33. The first-order valence-electron chi connectivity index (χ1n) is 5.46. The van der Waals surface area contributed by atoms with E-state index in [9.17, 15) is 4.39 Å². The summed E-state index contributed by atoms with van der Waals surface area (Å²) in [6, 6.07) is 5.31. The first kappa shape index (κ1) is 10.6. The van der Waals surface area contributed by atoms with Crippen molar-refractivity contribution in [1.82, 2.24) is 4.90 Å². The quantitative estimate of drug-likeness (QED) is 0.801. The summed E-state index contributed by atoms with van der Waals surface area (Å²) in [5.74, 6) is 0.0496. The van der Waals surface area contributed by atoms with Crippen LogP contribution in [0.1, 0.15) is 24.0 Å². The summed E-state index contributed by atoms with van der Waals surface area (Å²) < 4.78 is 13.7. The number of benzene rings is 1. The van der Waals surface area contributed by atoms with E-state index in [4.69, 9.17) is 5.73 Å². The second-order valence-corrected chi connectivity index (χ2v) is 4.07. The topological polar surface area (TPSA) is 29.3 Å². The van der Waals surface area contributed by atoms with E-state index in [1.165, 1.54) is 6.07 Å². The van der Waals surface area contributed by atoms with Crippen LogP contribution in [0.2, 0.25) is 0 Å². The third-order valence-corrected chi connectivity index (χ3v) is 3.16. The highest BCUT2D eigenvalue weighted by atomic mass is 19.1. The molecule has 82 valence electrons. The van der Waals surface area contributed by atoms with Gasteiger partial charge in [0.25, 0.3) is 0 Å². The summed E-state index contributed by atoms with van der Waals surface area (Å²) in [4.78, 5) is 2.30. The maximum Gasteiger partial charge on any atom is 0.127 e. The molecule has 2 rings (SSSR count). The molecule has 0 radical (unpaired) electrons. The first-order valence-corrected chi connectivity index (χ1v) is 5.46.